The summed E-state index contributed by atoms with van der Waals surface area (Å²) in [5.74, 6) is 0. The zero-order chi connectivity index (χ0) is 14.4. The van der Waals surface area contributed by atoms with E-state index < -0.39 is 0 Å². The van der Waals surface area contributed by atoms with E-state index in [-0.39, 0.29) is 6.04 Å². The summed E-state index contributed by atoms with van der Waals surface area (Å²) in [4.78, 5) is 4.21. The maximum Gasteiger partial charge on any atom is 0.0612 e. The Bertz CT molecular complexity index is 534. The van der Waals surface area contributed by atoms with Crippen molar-refractivity contribution in [2.24, 2.45) is 0 Å². The van der Waals surface area contributed by atoms with Crippen molar-refractivity contribution < 1.29 is 0 Å². The highest BCUT2D eigenvalue weighted by molar-refractivity contribution is 5.49. The van der Waals surface area contributed by atoms with Crippen molar-refractivity contribution in [3.63, 3.8) is 0 Å². The summed E-state index contributed by atoms with van der Waals surface area (Å²) >= 11 is 0. The van der Waals surface area contributed by atoms with Gasteiger partial charge in [-0.25, -0.2) is 0 Å². The zero-order valence-corrected chi connectivity index (χ0v) is 12.3. The van der Waals surface area contributed by atoms with Crippen LogP contribution in [-0.4, -0.2) is 11.5 Å². The molecule has 20 heavy (non-hydrogen) atoms. The molecule has 0 aliphatic rings. The SMILES string of the molecule is CCCNC(c1ccc(CC)cc1)c1cnccc1N. The topological polar surface area (TPSA) is 50.9 Å². The number of hydrogen-bond acceptors (Lipinski definition) is 3. The van der Waals surface area contributed by atoms with Gasteiger partial charge in [-0.15, -0.1) is 0 Å². The van der Waals surface area contributed by atoms with Crippen molar-refractivity contribution in [3.05, 3.63) is 59.4 Å². The minimum atomic E-state index is 0.106. The summed E-state index contributed by atoms with van der Waals surface area (Å²) in [6, 6.07) is 10.7. The van der Waals surface area contributed by atoms with E-state index in [9.17, 15) is 0 Å². The van der Waals surface area contributed by atoms with Crippen LogP contribution >= 0.6 is 0 Å². The summed E-state index contributed by atoms with van der Waals surface area (Å²) < 4.78 is 0. The smallest absolute Gasteiger partial charge is 0.0612 e. The van der Waals surface area contributed by atoms with Crippen LogP contribution in [0.1, 0.15) is 43.0 Å². The van der Waals surface area contributed by atoms with E-state index in [0.717, 1.165) is 30.6 Å². The Hall–Kier alpha value is -1.87. The lowest BCUT2D eigenvalue weighted by atomic mass is 9.97. The Balaban J connectivity index is 2.33. The predicted molar refractivity (Wildman–Crippen MR) is 84.6 cm³/mol. The third-order valence-corrected chi connectivity index (χ3v) is 3.52. The molecule has 0 amide bonds. The second kappa shape index (κ2) is 7.06. The second-order valence-electron chi connectivity index (χ2n) is 4.99. The molecule has 1 aromatic carbocycles. The number of anilines is 1. The van der Waals surface area contributed by atoms with E-state index in [1.807, 2.05) is 12.3 Å². The largest absolute Gasteiger partial charge is 0.398 e. The third-order valence-electron chi connectivity index (χ3n) is 3.52. The lowest BCUT2D eigenvalue weighted by molar-refractivity contribution is 0.598. The number of aromatic nitrogens is 1. The van der Waals surface area contributed by atoms with E-state index >= 15 is 0 Å². The molecule has 106 valence electrons. The van der Waals surface area contributed by atoms with Crippen LogP contribution in [0, 0.1) is 0 Å². The van der Waals surface area contributed by atoms with Crippen LogP contribution in [0.15, 0.2) is 42.7 Å². The number of benzene rings is 1. The highest BCUT2D eigenvalue weighted by Crippen LogP contribution is 2.26. The van der Waals surface area contributed by atoms with Crippen LogP contribution < -0.4 is 11.1 Å². The van der Waals surface area contributed by atoms with Gasteiger partial charge in [0.15, 0.2) is 0 Å². The van der Waals surface area contributed by atoms with Gasteiger partial charge in [0.25, 0.3) is 0 Å². The third kappa shape index (κ3) is 3.36. The molecule has 1 atom stereocenters. The molecule has 0 radical (unpaired) electrons. The highest BCUT2D eigenvalue weighted by atomic mass is 14.9. The molecule has 2 aromatic rings. The Labute approximate surface area is 121 Å². The maximum absolute atomic E-state index is 6.11. The first-order valence-corrected chi connectivity index (χ1v) is 7.27. The van der Waals surface area contributed by atoms with Crippen LogP contribution in [0.2, 0.25) is 0 Å². The lowest BCUT2D eigenvalue weighted by Gasteiger charge is -2.21. The number of pyridine rings is 1. The van der Waals surface area contributed by atoms with Gasteiger partial charge in [0.05, 0.1) is 6.04 Å². The van der Waals surface area contributed by atoms with Crippen molar-refractivity contribution in [2.45, 2.75) is 32.7 Å². The molecular formula is C17H23N3. The summed E-state index contributed by atoms with van der Waals surface area (Å²) in [6.07, 6.45) is 5.73. The van der Waals surface area contributed by atoms with Gasteiger partial charge >= 0.3 is 0 Å². The predicted octanol–water partition coefficient (Wildman–Crippen LogP) is 3.32. The van der Waals surface area contributed by atoms with Crippen LogP contribution in [0.3, 0.4) is 0 Å². The van der Waals surface area contributed by atoms with Gasteiger partial charge < -0.3 is 11.1 Å². The van der Waals surface area contributed by atoms with Gasteiger partial charge in [-0.1, -0.05) is 38.1 Å². The Kier molecular flexibility index (Phi) is 5.13. The van der Waals surface area contributed by atoms with Crippen molar-refractivity contribution in [3.8, 4) is 0 Å². The second-order valence-corrected chi connectivity index (χ2v) is 4.99. The molecule has 1 unspecified atom stereocenters. The van der Waals surface area contributed by atoms with Crippen molar-refractivity contribution >= 4 is 5.69 Å². The average Bonchev–Trinajstić information content (AvgIpc) is 2.50. The standard InChI is InChI=1S/C17H23N3/c1-3-10-20-17(15-12-19-11-9-16(15)18)14-7-5-13(4-2)6-8-14/h5-9,11-12,17,20H,3-4,10H2,1-2H3,(H2,18,19). The number of nitrogen functional groups attached to an aromatic ring is 1. The molecule has 0 aliphatic carbocycles. The summed E-state index contributed by atoms with van der Waals surface area (Å²) in [7, 11) is 0. The first-order valence-electron chi connectivity index (χ1n) is 7.27. The van der Waals surface area contributed by atoms with E-state index in [4.69, 9.17) is 5.73 Å². The molecular weight excluding hydrogens is 246 g/mol. The van der Waals surface area contributed by atoms with E-state index in [0.29, 0.717) is 0 Å². The van der Waals surface area contributed by atoms with Gasteiger partial charge in [0, 0.05) is 23.6 Å². The molecule has 0 bridgehead atoms. The normalized spacial score (nSPS) is 12.3. The number of nitrogens with two attached hydrogens (primary N) is 1. The Morgan fingerprint density at radius 3 is 2.50 bits per heavy atom. The number of rotatable bonds is 6. The Morgan fingerprint density at radius 1 is 1.15 bits per heavy atom. The van der Waals surface area contributed by atoms with E-state index in [1.165, 1.54) is 11.1 Å². The van der Waals surface area contributed by atoms with E-state index in [1.54, 1.807) is 6.20 Å². The molecule has 1 heterocycles. The fraction of sp³-hybridized carbons (Fsp3) is 0.353. The number of aryl methyl sites for hydroxylation is 1. The van der Waals surface area contributed by atoms with E-state index in [2.05, 4.69) is 48.4 Å². The molecule has 0 aliphatic heterocycles. The summed E-state index contributed by atoms with van der Waals surface area (Å²) in [6.45, 7) is 5.28. The van der Waals surface area contributed by atoms with Crippen LogP contribution in [-0.2, 0) is 6.42 Å². The molecule has 3 heteroatoms. The maximum atomic E-state index is 6.11. The minimum Gasteiger partial charge on any atom is -0.398 e. The van der Waals surface area contributed by atoms with Crippen LogP contribution in [0.25, 0.3) is 0 Å². The van der Waals surface area contributed by atoms with Gasteiger partial charge in [-0.2, -0.15) is 0 Å². The molecule has 0 saturated carbocycles. The summed E-state index contributed by atoms with van der Waals surface area (Å²) in [5.41, 5.74) is 10.5. The van der Waals surface area contributed by atoms with Crippen LogP contribution in [0.4, 0.5) is 5.69 Å². The molecule has 2 rings (SSSR count). The van der Waals surface area contributed by atoms with Gasteiger partial charge in [-0.05, 0) is 36.6 Å². The highest BCUT2D eigenvalue weighted by Gasteiger charge is 2.15. The molecule has 3 N–H and O–H groups in total. The van der Waals surface area contributed by atoms with Crippen molar-refractivity contribution in [2.75, 3.05) is 12.3 Å². The number of hydrogen-bond donors (Lipinski definition) is 2. The molecule has 1 aromatic heterocycles. The van der Waals surface area contributed by atoms with Crippen LogP contribution in [0.5, 0.6) is 0 Å². The monoisotopic (exact) mass is 269 g/mol. The number of nitrogens with zero attached hydrogens (tertiary/aromatic N) is 1. The van der Waals surface area contributed by atoms with Crippen molar-refractivity contribution in [1.29, 1.82) is 0 Å². The van der Waals surface area contributed by atoms with Crippen molar-refractivity contribution in [1.82, 2.24) is 10.3 Å². The van der Waals surface area contributed by atoms with Gasteiger partial charge in [-0.3, -0.25) is 4.98 Å². The Morgan fingerprint density at radius 2 is 1.90 bits per heavy atom. The summed E-state index contributed by atoms with van der Waals surface area (Å²) in [5, 5.41) is 3.56. The first-order chi connectivity index (χ1) is 9.76. The van der Waals surface area contributed by atoms with Gasteiger partial charge in [0.1, 0.15) is 0 Å². The fourth-order valence-corrected chi connectivity index (χ4v) is 2.30. The molecule has 0 saturated heterocycles. The lowest BCUT2D eigenvalue weighted by Crippen LogP contribution is -2.24. The quantitative estimate of drug-likeness (QED) is 0.846. The average molecular weight is 269 g/mol. The first kappa shape index (κ1) is 14.5. The molecule has 3 nitrogen and oxygen atoms in total. The zero-order valence-electron chi connectivity index (χ0n) is 12.3. The molecule has 0 spiro atoms. The van der Waals surface area contributed by atoms with Gasteiger partial charge in [0.2, 0.25) is 0 Å². The number of nitrogens with one attached hydrogen (secondary N) is 1. The molecule has 0 fully saturated rings. The fourth-order valence-electron chi connectivity index (χ4n) is 2.30. The minimum absolute atomic E-state index is 0.106.